The minimum Gasteiger partial charge on any atom is -0.492 e. The Morgan fingerprint density at radius 1 is 0.958 bits per heavy atom. The van der Waals surface area contributed by atoms with E-state index >= 15 is 0 Å². The van der Waals surface area contributed by atoms with E-state index in [9.17, 15) is 4.79 Å². The van der Waals surface area contributed by atoms with Crippen LogP contribution in [0, 0.1) is 11.3 Å². The van der Waals surface area contributed by atoms with Crippen LogP contribution in [-0.4, -0.2) is 19.5 Å². The maximum absolute atomic E-state index is 10.5. The number of carbonyl (C=O) groups is 1. The molecular weight excluding hydrogens is 438 g/mol. The average Bonchev–Trinajstić information content (AvgIpc) is 3.24. The van der Waals surface area contributed by atoms with Crippen LogP contribution < -0.4 is 9.47 Å². The molecule has 0 aromatic heterocycles. The molecule has 0 saturated heterocycles. The fourth-order valence-corrected chi connectivity index (χ4v) is 3.93. The summed E-state index contributed by atoms with van der Waals surface area (Å²) in [6, 6.07) is 9.43. The van der Waals surface area contributed by atoms with Crippen molar-refractivity contribution in [2.24, 2.45) is 0 Å². The van der Waals surface area contributed by atoms with E-state index in [-0.39, 0.29) is 0 Å². The van der Waals surface area contributed by atoms with Crippen LogP contribution in [0.5, 0.6) is 11.5 Å². The molecule has 2 aliphatic heterocycles. The van der Waals surface area contributed by atoms with Crippen molar-refractivity contribution in [2.45, 2.75) is 12.8 Å². The van der Waals surface area contributed by atoms with E-state index in [1.807, 2.05) is 12.1 Å². The summed E-state index contributed by atoms with van der Waals surface area (Å²) >= 11 is 6.72. The first kappa shape index (κ1) is 17.0. The second-order valence-electron chi connectivity index (χ2n) is 5.36. The maximum atomic E-state index is 10.5. The third-order valence-electron chi connectivity index (χ3n) is 3.76. The van der Waals surface area contributed by atoms with Crippen molar-refractivity contribution in [3.63, 3.8) is 0 Å². The van der Waals surface area contributed by atoms with Crippen LogP contribution in [0.1, 0.15) is 27.0 Å². The quantitative estimate of drug-likeness (QED) is 0.602. The largest absolute Gasteiger partial charge is 0.492 e. The van der Waals surface area contributed by atoms with Crippen molar-refractivity contribution in [3.05, 3.63) is 55.5 Å². The van der Waals surface area contributed by atoms with Gasteiger partial charge in [0.15, 0.2) is 0 Å². The highest BCUT2D eigenvalue weighted by molar-refractivity contribution is 9.10. The summed E-state index contributed by atoms with van der Waals surface area (Å²) in [7, 11) is 0. The predicted molar refractivity (Wildman–Crippen MR) is 96.8 cm³/mol. The Morgan fingerprint density at radius 2 is 1.54 bits per heavy atom. The lowest BCUT2D eigenvalue weighted by molar-refractivity contribution is 0.112. The van der Waals surface area contributed by atoms with Gasteiger partial charge in [0.2, 0.25) is 0 Å². The number of ether oxygens (including phenoxy) is 2. The van der Waals surface area contributed by atoms with E-state index in [1.165, 1.54) is 0 Å². The second kappa shape index (κ2) is 7.37. The standard InChI is InChI=1S/C9H6BrNO.C9H7BrO2/c2*10-8-4-6(5-11)3-7-1-2-12-9(7)8/h3-4H,1-2H2;3-5H,1-2H2. The van der Waals surface area contributed by atoms with Gasteiger partial charge in [0.25, 0.3) is 0 Å². The van der Waals surface area contributed by atoms with E-state index in [0.29, 0.717) is 11.1 Å². The Balaban J connectivity index is 0.000000141. The molecule has 4 rings (SSSR count). The summed E-state index contributed by atoms with van der Waals surface area (Å²) in [6.07, 6.45) is 2.66. The third kappa shape index (κ3) is 3.47. The van der Waals surface area contributed by atoms with Crippen LogP contribution in [0.25, 0.3) is 0 Å². The van der Waals surface area contributed by atoms with Crippen LogP contribution in [0.4, 0.5) is 0 Å². The lowest BCUT2D eigenvalue weighted by atomic mass is 10.1. The van der Waals surface area contributed by atoms with Gasteiger partial charge in [-0.3, -0.25) is 4.79 Å². The van der Waals surface area contributed by atoms with Gasteiger partial charge in [0.05, 0.1) is 33.8 Å². The Kier molecular flexibility index (Phi) is 5.22. The lowest BCUT2D eigenvalue weighted by Gasteiger charge is -2.01. The topological polar surface area (TPSA) is 59.3 Å². The third-order valence-corrected chi connectivity index (χ3v) is 4.94. The van der Waals surface area contributed by atoms with Crippen molar-refractivity contribution in [1.82, 2.24) is 0 Å². The van der Waals surface area contributed by atoms with Gasteiger partial charge in [-0.05, 0) is 67.3 Å². The summed E-state index contributed by atoms with van der Waals surface area (Å²) in [5, 5.41) is 8.68. The van der Waals surface area contributed by atoms with Gasteiger partial charge in [-0.2, -0.15) is 5.26 Å². The number of carbonyl (C=O) groups excluding carboxylic acids is 1. The summed E-state index contributed by atoms with van der Waals surface area (Å²) in [4.78, 5) is 10.5. The normalized spacial score (nSPS) is 13.5. The first-order valence-electron chi connectivity index (χ1n) is 7.38. The zero-order valence-corrected chi connectivity index (χ0v) is 15.8. The van der Waals surface area contributed by atoms with Crippen molar-refractivity contribution < 1.29 is 14.3 Å². The van der Waals surface area contributed by atoms with E-state index in [4.69, 9.17) is 14.7 Å². The number of halogens is 2. The van der Waals surface area contributed by atoms with E-state index in [2.05, 4.69) is 37.9 Å². The molecule has 0 fully saturated rings. The SMILES string of the molecule is N#Cc1cc(Br)c2c(c1)CCO2.O=Cc1cc(Br)c2c(c1)CCO2. The summed E-state index contributed by atoms with van der Waals surface area (Å²) in [5.41, 5.74) is 3.63. The Hall–Kier alpha value is -1.84. The van der Waals surface area contributed by atoms with Crippen molar-refractivity contribution in [1.29, 1.82) is 5.26 Å². The molecule has 0 saturated carbocycles. The molecule has 0 unspecified atom stereocenters. The molecule has 2 aromatic rings. The second-order valence-corrected chi connectivity index (χ2v) is 7.07. The maximum Gasteiger partial charge on any atom is 0.150 e. The Bertz CT molecular complexity index is 843. The van der Waals surface area contributed by atoms with Gasteiger partial charge >= 0.3 is 0 Å². The first-order valence-corrected chi connectivity index (χ1v) is 8.96. The number of hydrogen-bond acceptors (Lipinski definition) is 4. The Labute approximate surface area is 156 Å². The molecule has 24 heavy (non-hydrogen) atoms. The minimum atomic E-state index is 0.686. The highest BCUT2D eigenvalue weighted by Gasteiger charge is 2.16. The number of nitrogens with zero attached hydrogens (tertiary/aromatic N) is 1. The average molecular weight is 451 g/mol. The summed E-state index contributed by atoms with van der Waals surface area (Å²) < 4.78 is 12.5. The van der Waals surface area contributed by atoms with Crippen LogP contribution >= 0.6 is 31.9 Å². The van der Waals surface area contributed by atoms with Crippen molar-refractivity contribution >= 4 is 38.1 Å². The van der Waals surface area contributed by atoms with Crippen LogP contribution in [0.15, 0.2) is 33.2 Å². The van der Waals surface area contributed by atoms with Gasteiger partial charge in [-0.15, -0.1) is 0 Å². The van der Waals surface area contributed by atoms with Gasteiger partial charge in [0, 0.05) is 18.4 Å². The summed E-state index contributed by atoms with van der Waals surface area (Å²) in [5.74, 6) is 1.79. The number of benzene rings is 2. The molecule has 2 aliphatic rings. The first-order chi connectivity index (χ1) is 11.6. The van der Waals surface area contributed by atoms with Crippen LogP contribution in [-0.2, 0) is 12.8 Å². The van der Waals surface area contributed by atoms with Crippen LogP contribution in [0.2, 0.25) is 0 Å². The summed E-state index contributed by atoms with van der Waals surface area (Å²) in [6.45, 7) is 1.44. The number of aldehydes is 1. The molecule has 2 aromatic carbocycles. The highest BCUT2D eigenvalue weighted by Crippen LogP contribution is 2.35. The van der Waals surface area contributed by atoms with Crippen molar-refractivity contribution in [2.75, 3.05) is 13.2 Å². The fraction of sp³-hybridized carbons (Fsp3) is 0.222. The molecule has 0 aliphatic carbocycles. The Morgan fingerprint density at radius 3 is 2.12 bits per heavy atom. The molecule has 0 spiro atoms. The molecule has 0 N–H and O–H groups in total. The predicted octanol–water partition coefficient (Wildman–Crippen LogP) is 4.45. The molecule has 0 bridgehead atoms. The molecule has 6 heteroatoms. The number of rotatable bonds is 1. The van der Waals surface area contributed by atoms with Crippen molar-refractivity contribution in [3.8, 4) is 17.6 Å². The van der Waals surface area contributed by atoms with E-state index in [1.54, 1.807) is 12.1 Å². The molecule has 0 atom stereocenters. The monoisotopic (exact) mass is 449 g/mol. The van der Waals surface area contributed by atoms with E-state index in [0.717, 1.165) is 63.9 Å². The molecular formula is C18H13Br2NO3. The number of nitriles is 1. The number of fused-ring (bicyclic) bond motifs is 2. The zero-order valence-electron chi connectivity index (χ0n) is 12.6. The minimum absolute atomic E-state index is 0.686. The molecule has 0 radical (unpaired) electrons. The highest BCUT2D eigenvalue weighted by atomic mass is 79.9. The zero-order chi connectivity index (χ0) is 17.1. The smallest absolute Gasteiger partial charge is 0.150 e. The van der Waals surface area contributed by atoms with Crippen LogP contribution in [0.3, 0.4) is 0 Å². The molecule has 2 heterocycles. The molecule has 4 nitrogen and oxygen atoms in total. The number of hydrogen-bond donors (Lipinski definition) is 0. The van der Waals surface area contributed by atoms with Gasteiger partial charge in [0.1, 0.15) is 17.8 Å². The van der Waals surface area contributed by atoms with Gasteiger partial charge in [-0.25, -0.2) is 0 Å². The molecule has 0 amide bonds. The van der Waals surface area contributed by atoms with E-state index < -0.39 is 0 Å². The van der Waals surface area contributed by atoms with Gasteiger partial charge < -0.3 is 9.47 Å². The van der Waals surface area contributed by atoms with Gasteiger partial charge in [-0.1, -0.05) is 0 Å². The fourth-order valence-electron chi connectivity index (χ4n) is 2.68. The lowest BCUT2D eigenvalue weighted by Crippen LogP contribution is -1.86. The molecule has 122 valence electrons.